The zero-order valence-corrected chi connectivity index (χ0v) is 11.3. The van der Waals surface area contributed by atoms with E-state index in [2.05, 4.69) is 11.8 Å². The SMILES string of the molecule is CCN(CC1CCCO1)c1cc(C(N)=O)ccc1N. The summed E-state index contributed by atoms with van der Waals surface area (Å²) in [5.74, 6) is -0.436. The molecule has 1 aliphatic rings. The van der Waals surface area contributed by atoms with Gasteiger partial charge in [0.2, 0.25) is 5.91 Å². The predicted octanol–water partition coefficient (Wildman–Crippen LogP) is 1.37. The van der Waals surface area contributed by atoms with Gasteiger partial charge in [0.1, 0.15) is 0 Å². The highest BCUT2D eigenvalue weighted by molar-refractivity contribution is 5.95. The van der Waals surface area contributed by atoms with Crippen LogP contribution in [0.2, 0.25) is 0 Å². The molecular weight excluding hydrogens is 242 g/mol. The van der Waals surface area contributed by atoms with E-state index in [9.17, 15) is 4.79 Å². The third kappa shape index (κ3) is 3.17. The topological polar surface area (TPSA) is 81.6 Å². The predicted molar refractivity (Wildman–Crippen MR) is 76.2 cm³/mol. The lowest BCUT2D eigenvalue weighted by atomic mass is 10.1. The molecule has 1 aliphatic heterocycles. The third-order valence-electron chi connectivity index (χ3n) is 3.49. The van der Waals surface area contributed by atoms with Crippen molar-refractivity contribution in [2.75, 3.05) is 30.3 Å². The maximum Gasteiger partial charge on any atom is 0.248 e. The van der Waals surface area contributed by atoms with Crippen LogP contribution in [0, 0.1) is 0 Å². The first-order valence-corrected chi connectivity index (χ1v) is 6.67. The molecule has 4 N–H and O–H groups in total. The Bertz CT molecular complexity index is 456. The van der Waals surface area contributed by atoms with Gasteiger partial charge in [-0.2, -0.15) is 0 Å². The second kappa shape index (κ2) is 5.93. The first-order chi connectivity index (χ1) is 9.11. The van der Waals surface area contributed by atoms with Gasteiger partial charge >= 0.3 is 0 Å². The Hall–Kier alpha value is -1.75. The van der Waals surface area contributed by atoms with Crippen LogP contribution in [0.3, 0.4) is 0 Å². The molecule has 0 saturated carbocycles. The summed E-state index contributed by atoms with van der Waals surface area (Å²) in [4.78, 5) is 13.4. The minimum Gasteiger partial charge on any atom is -0.397 e. The average molecular weight is 263 g/mol. The van der Waals surface area contributed by atoms with Gasteiger partial charge in [0.15, 0.2) is 0 Å². The smallest absolute Gasteiger partial charge is 0.248 e. The molecule has 0 aromatic heterocycles. The largest absolute Gasteiger partial charge is 0.397 e. The van der Waals surface area contributed by atoms with Crippen molar-refractivity contribution in [1.82, 2.24) is 0 Å². The van der Waals surface area contributed by atoms with Crippen LogP contribution < -0.4 is 16.4 Å². The molecule has 1 unspecified atom stereocenters. The molecule has 19 heavy (non-hydrogen) atoms. The molecule has 0 spiro atoms. The molecule has 0 radical (unpaired) electrons. The second-order valence-corrected chi connectivity index (χ2v) is 4.81. The summed E-state index contributed by atoms with van der Waals surface area (Å²) in [7, 11) is 0. The van der Waals surface area contributed by atoms with Crippen LogP contribution in [0.5, 0.6) is 0 Å². The number of nitrogens with two attached hydrogens (primary N) is 2. The van der Waals surface area contributed by atoms with Crippen LogP contribution in [0.15, 0.2) is 18.2 Å². The van der Waals surface area contributed by atoms with Crippen LogP contribution in [-0.2, 0) is 4.74 Å². The second-order valence-electron chi connectivity index (χ2n) is 4.81. The highest BCUT2D eigenvalue weighted by Gasteiger charge is 2.20. The van der Waals surface area contributed by atoms with Crippen LogP contribution in [0.1, 0.15) is 30.1 Å². The van der Waals surface area contributed by atoms with Crippen LogP contribution >= 0.6 is 0 Å². The van der Waals surface area contributed by atoms with E-state index in [0.29, 0.717) is 11.3 Å². The van der Waals surface area contributed by atoms with E-state index in [4.69, 9.17) is 16.2 Å². The number of nitrogens with zero attached hydrogens (tertiary/aromatic N) is 1. The number of amides is 1. The van der Waals surface area contributed by atoms with Gasteiger partial charge in [-0.1, -0.05) is 0 Å². The quantitative estimate of drug-likeness (QED) is 0.786. The molecule has 1 fully saturated rings. The van der Waals surface area contributed by atoms with Crippen molar-refractivity contribution >= 4 is 17.3 Å². The number of carbonyl (C=O) groups is 1. The minimum atomic E-state index is -0.436. The molecule has 1 saturated heterocycles. The van der Waals surface area contributed by atoms with E-state index in [-0.39, 0.29) is 6.10 Å². The number of hydrogen-bond donors (Lipinski definition) is 2. The average Bonchev–Trinajstić information content (AvgIpc) is 2.89. The van der Waals surface area contributed by atoms with Gasteiger partial charge in [0, 0.05) is 25.3 Å². The summed E-state index contributed by atoms with van der Waals surface area (Å²) in [6.45, 7) is 4.50. The van der Waals surface area contributed by atoms with Gasteiger partial charge < -0.3 is 21.1 Å². The molecule has 1 atom stereocenters. The van der Waals surface area contributed by atoms with E-state index in [1.807, 2.05) is 0 Å². The van der Waals surface area contributed by atoms with Crippen molar-refractivity contribution in [1.29, 1.82) is 0 Å². The summed E-state index contributed by atoms with van der Waals surface area (Å²) in [6, 6.07) is 5.14. The molecule has 1 aromatic carbocycles. The fourth-order valence-electron chi connectivity index (χ4n) is 2.40. The Labute approximate surface area is 113 Å². The zero-order chi connectivity index (χ0) is 13.8. The third-order valence-corrected chi connectivity index (χ3v) is 3.49. The summed E-state index contributed by atoms with van der Waals surface area (Å²) < 4.78 is 5.65. The van der Waals surface area contributed by atoms with E-state index in [1.165, 1.54) is 0 Å². The number of benzene rings is 1. The van der Waals surface area contributed by atoms with E-state index in [0.717, 1.165) is 38.2 Å². The van der Waals surface area contributed by atoms with Gasteiger partial charge in [-0.05, 0) is 38.0 Å². The Morgan fingerprint density at radius 1 is 1.53 bits per heavy atom. The number of nitrogen functional groups attached to an aromatic ring is 1. The van der Waals surface area contributed by atoms with Crippen molar-refractivity contribution in [2.24, 2.45) is 5.73 Å². The van der Waals surface area contributed by atoms with Crippen LogP contribution in [0.25, 0.3) is 0 Å². The number of carbonyl (C=O) groups excluding carboxylic acids is 1. The van der Waals surface area contributed by atoms with Gasteiger partial charge in [0.25, 0.3) is 0 Å². The number of rotatable bonds is 5. The maximum atomic E-state index is 11.3. The summed E-state index contributed by atoms with van der Waals surface area (Å²) in [6.07, 6.45) is 2.43. The standard InChI is InChI=1S/C14H21N3O2/c1-2-17(9-11-4-3-7-19-11)13-8-10(14(16)18)5-6-12(13)15/h5-6,8,11H,2-4,7,9,15H2,1H3,(H2,16,18). The number of hydrogen-bond acceptors (Lipinski definition) is 4. The van der Waals surface area contributed by atoms with Crippen molar-refractivity contribution in [2.45, 2.75) is 25.9 Å². The number of primary amides is 1. The molecular formula is C14H21N3O2. The molecule has 104 valence electrons. The molecule has 5 heteroatoms. The van der Waals surface area contributed by atoms with E-state index >= 15 is 0 Å². The number of anilines is 2. The zero-order valence-electron chi connectivity index (χ0n) is 11.3. The normalized spacial score (nSPS) is 18.5. The molecule has 0 bridgehead atoms. The van der Waals surface area contributed by atoms with Gasteiger partial charge in [-0.3, -0.25) is 4.79 Å². The Morgan fingerprint density at radius 3 is 2.89 bits per heavy atom. The van der Waals surface area contributed by atoms with Crippen molar-refractivity contribution in [3.63, 3.8) is 0 Å². The molecule has 1 amide bonds. The van der Waals surface area contributed by atoms with Crippen LogP contribution in [-0.4, -0.2) is 31.7 Å². The molecule has 0 aliphatic carbocycles. The van der Waals surface area contributed by atoms with E-state index < -0.39 is 5.91 Å². The summed E-state index contributed by atoms with van der Waals surface area (Å²) in [5, 5.41) is 0. The summed E-state index contributed by atoms with van der Waals surface area (Å²) in [5.41, 5.74) is 13.3. The lowest BCUT2D eigenvalue weighted by molar-refractivity contribution is 0.100. The van der Waals surface area contributed by atoms with E-state index in [1.54, 1.807) is 18.2 Å². The number of ether oxygens (including phenoxy) is 1. The lowest BCUT2D eigenvalue weighted by Gasteiger charge is -2.27. The number of likely N-dealkylation sites (N-methyl/N-ethyl adjacent to an activating group) is 1. The minimum absolute atomic E-state index is 0.247. The lowest BCUT2D eigenvalue weighted by Crippen LogP contribution is -2.32. The van der Waals surface area contributed by atoms with Crippen molar-refractivity contribution in [3.05, 3.63) is 23.8 Å². The van der Waals surface area contributed by atoms with Gasteiger partial charge in [-0.25, -0.2) is 0 Å². The Balaban J connectivity index is 2.20. The molecule has 1 aromatic rings. The fraction of sp³-hybridized carbons (Fsp3) is 0.500. The van der Waals surface area contributed by atoms with Crippen molar-refractivity contribution < 1.29 is 9.53 Å². The maximum absolute atomic E-state index is 11.3. The highest BCUT2D eigenvalue weighted by atomic mass is 16.5. The molecule has 1 heterocycles. The Morgan fingerprint density at radius 2 is 2.32 bits per heavy atom. The highest BCUT2D eigenvalue weighted by Crippen LogP contribution is 2.26. The van der Waals surface area contributed by atoms with Crippen molar-refractivity contribution in [3.8, 4) is 0 Å². The Kier molecular flexibility index (Phi) is 4.27. The first kappa shape index (κ1) is 13.7. The van der Waals surface area contributed by atoms with Gasteiger partial charge in [0.05, 0.1) is 17.5 Å². The molecule has 2 rings (SSSR count). The van der Waals surface area contributed by atoms with Crippen LogP contribution in [0.4, 0.5) is 11.4 Å². The first-order valence-electron chi connectivity index (χ1n) is 6.67. The van der Waals surface area contributed by atoms with Gasteiger partial charge in [-0.15, -0.1) is 0 Å². The molecule has 5 nitrogen and oxygen atoms in total. The monoisotopic (exact) mass is 263 g/mol. The fourth-order valence-corrected chi connectivity index (χ4v) is 2.40. The summed E-state index contributed by atoms with van der Waals surface area (Å²) >= 11 is 0.